The highest BCUT2D eigenvalue weighted by Crippen LogP contribution is 2.26. The summed E-state index contributed by atoms with van der Waals surface area (Å²) in [5.41, 5.74) is 9.69. The first kappa shape index (κ1) is 20.4. The van der Waals surface area contributed by atoms with Gasteiger partial charge < -0.3 is 31.1 Å². The number of nitrogens with zero attached hydrogens (tertiary/aromatic N) is 2. The highest BCUT2D eigenvalue weighted by molar-refractivity contribution is 5.95. The monoisotopic (exact) mass is 441 g/mol. The van der Waals surface area contributed by atoms with Crippen LogP contribution in [0, 0.1) is 0 Å². The summed E-state index contributed by atoms with van der Waals surface area (Å²) in [6.07, 6.45) is 4.58. The zero-order valence-electron chi connectivity index (χ0n) is 18.0. The maximum absolute atomic E-state index is 11.9. The van der Waals surface area contributed by atoms with Crippen molar-refractivity contribution in [1.82, 2.24) is 19.9 Å². The second kappa shape index (κ2) is 8.54. The molecule has 9 nitrogen and oxygen atoms in total. The molecule has 5 rings (SSSR count). The van der Waals surface area contributed by atoms with Crippen LogP contribution in [0.1, 0.15) is 16.1 Å². The molecule has 0 saturated heterocycles. The Balaban J connectivity index is 1.35. The van der Waals surface area contributed by atoms with Gasteiger partial charge in [-0.05, 0) is 48.4 Å². The second-order valence-electron chi connectivity index (χ2n) is 7.60. The number of fused-ring (bicyclic) bond motifs is 2. The molecule has 0 spiro atoms. The van der Waals surface area contributed by atoms with Crippen molar-refractivity contribution in [2.45, 2.75) is 6.42 Å². The third kappa shape index (κ3) is 4.16. The van der Waals surface area contributed by atoms with E-state index in [0.717, 1.165) is 45.2 Å². The third-order valence-electron chi connectivity index (χ3n) is 5.49. The van der Waals surface area contributed by atoms with E-state index in [1.165, 1.54) is 0 Å². The lowest BCUT2D eigenvalue weighted by atomic mass is 10.1. The van der Waals surface area contributed by atoms with Crippen LogP contribution in [0.25, 0.3) is 21.8 Å². The lowest BCUT2D eigenvalue weighted by molar-refractivity contribution is 0.0995. The van der Waals surface area contributed by atoms with E-state index in [2.05, 4.69) is 30.6 Å². The van der Waals surface area contributed by atoms with Gasteiger partial charge in [-0.3, -0.25) is 4.79 Å². The minimum Gasteiger partial charge on any atom is -0.497 e. The number of primary amides is 1. The largest absolute Gasteiger partial charge is 0.497 e. The van der Waals surface area contributed by atoms with Gasteiger partial charge in [-0.1, -0.05) is 6.07 Å². The number of aromatic nitrogens is 4. The van der Waals surface area contributed by atoms with Gasteiger partial charge in [-0.15, -0.1) is 0 Å². The molecule has 0 bridgehead atoms. The molecule has 0 fully saturated rings. The summed E-state index contributed by atoms with van der Waals surface area (Å²) in [5.74, 6) is 0.994. The maximum Gasteiger partial charge on any atom is 0.267 e. The van der Waals surface area contributed by atoms with Crippen molar-refractivity contribution in [3.8, 4) is 5.75 Å². The Morgan fingerprint density at radius 3 is 2.79 bits per heavy atom. The van der Waals surface area contributed by atoms with E-state index in [1.807, 2.05) is 54.9 Å². The number of nitrogens with two attached hydrogens (primary N) is 1. The Bertz CT molecular complexity index is 1450. The molecule has 0 atom stereocenters. The van der Waals surface area contributed by atoms with E-state index in [4.69, 9.17) is 10.5 Å². The molecule has 0 aliphatic carbocycles. The van der Waals surface area contributed by atoms with Gasteiger partial charge in [0.05, 0.1) is 7.11 Å². The minimum absolute atomic E-state index is 0.132. The average Bonchev–Trinajstić information content (AvgIpc) is 3.46. The maximum atomic E-state index is 11.9. The van der Waals surface area contributed by atoms with E-state index < -0.39 is 5.91 Å². The second-order valence-corrected chi connectivity index (χ2v) is 7.60. The zero-order valence-corrected chi connectivity index (χ0v) is 18.0. The molecule has 166 valence electrons. The fraction of sp³-hybridized carbons (Fsp3) is 0.125. The summed E-state index contributed by atoms with van der Waals surface area (Å²) >= 11 is 0. The van der Waals surface area contributed by atoms with Crippen molar-refractivity contribution in [2.75, 3.05) is 24.3 Å². The van der Waals surface area contributed by atoms with Crippen LogP contribution in [0.3, 0.4) is 0 Å². The number of amides is 1. The molecular formula is C24H23N7O2. The molecule has 9 heteroatoms. The van der Waals surface area contributed by atoms with Crippen LogP contribution in [0.4, 0.5) is 17.5 Å². The van der Waals surface area contributed by atoms with Crippen LogP contribution in [0.2, 0.25) is 0 Å². The number of rotatable bonds is 8. The smallest absolute Gasteiger partial charge is 0.267 e. The summed E-state index contributed by atoms with van der Waals surface area (Å²) in [6.45, 7) is 0.569. The molecule has 1 amide bonds. The fourth-order valence-electron chi connectivity index (χ4n) is 3.85. The lowest BCUT2D eigenvalue weighted by Crippen LogP contribution is -2.17. The van der Waals surface area contributed by atoms with E-state index in [-0.39, 0.29) is 5.69 Å². The van der Waals surface area contributed by atoms with Crippen molar-refractivity contribution in [2.24, 2.45) is 5.73 Å². The highest BCUT2D eigenvalue weighted by atomic mass is 16.5. The van der Waals surface area contributed by atoms with E-state index in [0.29, 0.717) is 18.3 Å². The predicted octanol–water partition coefficient (Wildman–Crippen LogP) is 3.94. The fourth-order valence-corrected chi connectivity index (χ4v) is 3.85. The van der Waals surface area contributed by atoms with Crippen LogP contribution >= 0.6 is 0 Å². The van der Waals surface area contributed by atoms with Crippen molar-refractivity contribution in [3.63, 3.8) is 0 Å². The van der Waals surface area contributed by atoms with Crippen molar-refractivity contribution < 1.29 is 9.53 Å². The molecule has 0 unspecified atom stereocenters. The number of benzene rings is 2. The number of methoxy groups -OCH3 is 1. The van der Waals surface area contributed by atoms with Gasteiger partial charge in [-0.2, -0.15) is 4.98 Å². The summed E-state index contributed by atoms with van der Waals surface area (Å²) in [4.78, 5) is 27.1. The van der Waals surface area contributed by atoms with Gasteiger partial charge in [0.1, 0.15) is 17.3 Å². The molecular weight excluding hydrogens is 418 g/mol. The number of anilines is 3. The van der Waals surface area contributed by atoms with Crippen molar-refractivity contribution in [1.29, 1.82) is 0 Å². The number of aromatic amines is 2. The van der Waals surface area contributed by atoms with Crippen LogP contribution in [-0.2, 0) is 6.42 Å². The number of hydrogen-bond acceptors (Lipinski definition) is 6. The van der Waals surface area contributed by atoms with Gasteiger partial charge in [0.2, 0.25) is 5.95 Å². The van der Waals surface area contributed by atoms with Gasteiger partial charge in [-0.25, -0.2) is 4.98 Å². The Kier molecular flexibility index (Phi) is 5.27. The topological polar surface area (TPSA) is 134 Å². The molecule has 2 aromatic carbocycles. The third-order valence-corrected chi connectivity index (χ3v) is 5.49. The van der Waals surface area contributed by atoms with Gasteiger partial charge in [0.15, 0.2) is 0 Å². The summed E-state index contributed by atoms with van der Waals surface area (Å²) < 4.78 is 5.34. The average molecular weight is 441 g/mol. The number of carbonyl (C=O) groups excluding carboxylic acids is 1. The Morgan fingerprint density at radius 2 is 1.94 bits per heavy atom. The predicted molar refractivity (Wildman–Crippen MR) is 129 cm³/mol. The van der Waals surface area contributed by atoms with Crippen LogP contribution in [-0.4, -0.2) is 39.5 Å². The molecule has 33 heavy (non-hydrogen) atoms. The van der Waals surface area contributed by atoms with E-state index in [9.17, 15) is 4.79 Å². The van der Waals surface area contributed by atoms with Crippen LogP contribution in [0.15, 0.2) is 60.9 Å². The number of nitrogens with one attached hydrogen (secondary N) is 4. The Labute approximate surface area is 189 Å². The molecule has 0 saturated carbocycles. The minimum atomic E-state index is -0.618. The zero-order chi connectivity index (χ0) is 22.8. The number of hydrogen-bond donors (Lipinski definition) is 5. The van der Waals surface area contributed by atoms with Gasteiger partial charge in [0.25, 0.3) is 5.91 Å². The molecule has 0 aliphatic rings. The number of H-pyrrole nitrogens is 2. The highest BCUT2D eigenvalue weighted by Gasteiger charge is 2.11. The summed E-state index contributed by atoms with van der Waals surface area (Å²) in [5, 5.41) is 8.60. The number of carbonyl (C=O) groups is 1. The molecule has 0 radical (unpaired) electrons. The Hall–Kier alpha value is -4.53. The summed E-state index contributed by atoms with van der Waals surface area (Å²) in [6, 6.07) is 15.3. The molecule has 5 aromatic rings. The Morgan fingerprint density at radius 1 is 1.06 bits per heavy atom. The quantitative estimate of drug-likeness (QED) is 0.248. The van der Waals surface area contributed by atoms with Gasteiger partial charge in [0, 0.05) is 52.5 Å². The van der Waals surface area contributed by atoms with E-state index in [1.54, 1.807) is 13.2 Å². The number of ether oxygens (including phenoxy) is 1. The standard InChI is InChI=1S/C24H23N7O2/c1-33-15-5-6-19-17(11-15)14(13-28-19)7-9-27-24-30-21(23(25)32)12-22(31-24)29-20-4-2-3-18-16(20)8-10-26-18/h2-6,8,10-13,26,28H,7,9H2,1H3,(H2,25,32)(H2,27,29,30,31). The van der Waals surface area contributed by atoms with Crippen molar-refractivity contribution in [3.05, 3.63) is 72.2 Å². The SMILES string of the molecule is COc1ccc2[nH]cc(CCNc3nc(Nc4cccc5[nH]ccc45)cc(C(N)=O)n3)c2c1. The molecule has 6 N–H and O–H groups in total. The normalized spacial score (nSPS) is 11.1. The molecule has 3 aromatic heterocycles. The molecule has 3 heterocycles. The lowest BCUT2D eigenvalue weighted by Gasteiger charge is -2.11. The van der Waals surface area contributed by atoms with Gasteiger partial charge >= 0.3 is 0 Å². The van der Waals surface area contributed by atoms with Crippen LogP contribution in [0.5, 0.6) is 5.75 Å². The molecule has 0 aliphatic heterocycles. The van der Waals surface area contributed by atoms with Crippen LogP contribution < -0.4 is 21.1 Å². The first-order valence-corrected chi connectivity index (χ1v) is 10.5. The first-order chi connectivity index (χ1) is 16.1. The van der Waals surface area contributed by atoms with E-state index >= 15 is 0 Å². The van der Waals surface area contributed by atoms with Crippen molar-refractivity contribution >= 4 is 45.2 Å². The summed E-state index contributed by atoms with van der Waals surface area (Å²) in [7, 11) is 1.65. The first-order valence-electron chi connectivity index (χ1n) is 10.5.